The van der Waals surface area contributed by atoms with Crippen molar-refractivity contribution in [3.63, 3.8) is 0 Å². The van der Waals surface area contributed by atoms with Crippen molar-refractivity contribution < 1.29 is 27.1 Å². The van der Waals surface area contributed by atoms with Crippen molar-refractivity contribution in [1.29, 1.82) is 0 Å². The van der Waals surface area contributed by atoms with Crippen molar-refractivity contribution in [2.45, 2.75) is 18.2 Å². The van der Waals surface area contributed by atoms with Crippen LogP contribution in [0.2, 0.25) is 0 Å². The quantitative estimate of drug-likeness (QED) is 0.648. The van der Waals surface area contributed by atoms with Gasteiger partial charge in [0.1, 0.15) is 6.10 Å². The second kappa shape index (κ2) is 3.53. The van der Waals surface area contributed by atoms with Gasteiger partial charge in [0.05, 0.1) is 0 Å². The average molecular weight is 193 g/mol. The van der Waals surface area contributed by atoms with Gasteiger partial charge in [0.2, 0.25) is 0 Å². The Morgan fingerprint density at radius 3 is 1.92 bits per heavy atom. The van der Waals surface area contributed by atoms with Crippen LogP contribution in [-0.2, 0) is 0 Å². The molecule has 0 bridgehead atoms. The van der Waals surface area contributed by atoms with Crippen LogP contribution in [0.1, 0.15) is 0 Å². The summed E-state index contributed by atoms with van der Waals surface area (Å²) in [5.41, 5.74) is 0. The molecule has 0 heterocycles. The van der Waals surface area contributed by atoms with Gasteiger partial charge in [-0.15, -0.1) is 0 Å². The molecule has 0 amide bonds. The zero-order chi connectivity index (χ0) is 9.99. The Morgan fingerprint density at radius 2 is 1.67 bits per heavy atom. The van der Waals surface area contributed by atoms with E-state index in [2.05, 4.69) is 0 Å². The largest absolute Gasteiger partial charge is 0.456 e. The summed E-state index contributed by atoms with van der Waals surface area (Å²) in [5, 5.41) is 10.4. The van der Waals surface area contributed by atoms with Gasteiger partial charge in [-0.05, 0) is 7.05 Å². The molecule has 0 saturated carbocycles. The van der Waals surface area contributed by atoms with Crippen LogP contribution in [-0.4, -0.2) is 36.9 Å². The minimum atomic E-state index is -5.71. The van der Waals surface area contributed by atoms with E-state index in [1.54, 1.807) is 0 Å². The minimum Gasteiger partial charge on any atom is -0.385 e. The van der Waals surface area contributed by atoms with Gasteiger partial charge in [-0.3, -0.25) is 0 Å². The Hall–Kier alpha value is -0.430. The van der Waals surface area contributed by atoms with Crippen LogP contribution >= 0.6 is 0 Å². The summed E-state index contributed by atoms with van der Waals surface area (Å²) >= 11 is 0. The summed E-state index contributed by atoms with van der Waals surface area (Å²) in [7, 11) is 1.16. The number of alkyl halides is 5. The highest BCUT2D eigenvalue weighted by atomic mass is 19.4. The fourth-order valence-electron chi connectivity index (χ4n) is 0.510. The predicted octanol–water partition coefficient (Wildman–Crippen LogP) is 0.764. The molecule has 0 aliphatic carbocycles. The average Bonchev–Trinajstić information content (AvgIpc) is 1.85. The van der Waals surface area contributed by atoms with Crippen LogP contribution in [0.3, 0.4) is 0 Å². The van der Waals surface area contributed by atoms with Crippen LogP contribution < -0.4 is 5.32 Å². The lowest BCUT2D eigenvalue weighted by atomic mass is 10.2. The fraction of sp³-hybridized carbons (Fsp3) is 1.00. The van der Waals surface area contributed by atoms with Crippen molar-refractivity contribution in [3.05, 3.63) is 0 Å². The van der Waals surface area contributed by atoms with E-state index >= 15 is 0 Å². The third-order valence-corrected chi connectivity index (χ3v) is 1.19. The lowest BCUT2D eigenvalue weighted by Gasteiger charge is -2.24. The van der Waals surface area contributed by atoms with Gasteiger partial charge in [-0.1, -0.05) is 0 Å². The molecule has 1 atom stereocenters. The summed E-state index contributed by atoms with van der Waals surface area (Å²) < 4.78 is 58.6. The van der Waals surface area contributed by atoms with Gasteiger partial charge in [0.15, 0.2) is 0 Å². The first-order valence-corrected chi connectivity index (χ1v) is 3.00. The molecule has 0 radical (unpaired) electrons. The van der Waals surface area contributed by atoms with Gasteiger partial charge in [0, 0.05) is 6.54 Å². The van der Waals surface area contributed by atoms with Gasteiger partial charge >= 0.3 is 12.1 Å². The molecule has 0 aromatic rings. The molecule has 0 rings (SSSR count). The third-order valence-electron chi connectivity index (χ3n) is 1.19. The summed E-state index contributed by atoms with van der Waals surface area (Å²) in [6, 6.07) is 0. The smallest absolute Gasteiger partial charge is 0.385 e. The molecule has 0 spiro atoms. The molecule has 2 nitrogen and oxygen atoms in total. The van der Waals surface area contributed by atoms with E-state index in [-0.39, 0.29) is 0 Å². The first kappa shape index (κ1) is 11.6. The van der Waals surface area contributed by atoms with Crippen LogP contribution in [0.25, 0.3) is 0 Å². The van der Waals surface area contributed by atoms with E-state index in [1.165, 1.54) is 0 Å². The number of hydrogen-bond donors (Lipinski definition) is 2. The first-order valence-electron chi connectivity index (χ1n) is 3.00. The van der Waals surface area contributed by atoms with E-state index < -0.39 is 24.7 Å². The number of hydrogen-bond acceptors (Lipinski definition) is 2. The maximum absolute atomic E-state index is 12.1. The molecule has 7 heteroatoms. The molecule has 0 aromatic heterocycles. The second-order valence-electron chi connectivity index (χ2n) is 2.19. The molecule has 1 unspecified atom stereocenters. The maximum atomic E-state index is 12.1. The SMILES string of the molecule is CNCC(O)C(F)(F)C(F)(F)F. The number of aliphatic hydroxyl groups is 1. The Balaban J connectivity index is 4.38. The van der Waals surface area contributed by atoms with Gasteiger partial charge in [-0.25, -0.2) is 0 Å². The predicted molar refractivity (Wildman–Crippen MR) is 30.9 cm³/mol. The highest BCUT2D eigenvalue weighted by Gasteiger charge is 2.61. The third kappa shape index (κ3) is 2.28. The zero-order valence-corrected chi connectivity index (χ0v) is 6.12. The molecular formula is C5H8F5NO. The van der Waals surface area contributed by atoms with Crippen LogP contribution in [0.4, 0.5) is 22.0 Å². The Labute approximate surface area is 65.4 Å². The maximum Gasteiger partial charge on any atom is 0.456 e. The number of rotatable bonds is 3. The lowest BCUT2D eigenvalue weighted by molar-refractivity contribution is -0.311. The molecule has 0 aromatic carbocycles. The Bertz CT molecular complexity index is 145. The van der Waals surface area contributed by atoms with Crippen molar-refractivity contribution in [3.8, 4) is 0 Å². The van der Waals surface area contributed by atoms with E-state index in [0.29, 0.717) is 0 Å². The molecule has 74 valence electrons. The van der Waals surface area contributed by atoms with Crippen LogP contribution in [0.5, 0.6) is 0 Å². The lowest BCUT2D eigenvalue weighted by Crippen LogP contribution is -2.50. The molecule has 2 N–H and O–H groups in total. The van der Waals surface area contributed by atoms with Crippen LogP contribution in [0, 0.1) is 0 Å². The topological polar surface area (TPSA) is 32.3 Å². The Morgan fingerprint density at radius 1 is 1.25 bits per heavy atom. The fourth-order valence-corrected chi connectivity index (χ4v) is 0.510. The van der Waals surface area contributed by atoms with Crippen molar-refractivity contribution in [2.24, 2.45) is 0 Å². The first-order chi connectivity index (χ1) is 5.23. The summed E-state index contributed by atoms with van der Waals surface area (Å²) in [6.07, 6.45) is -8.45. The molecular weight excluding hydrogens is 185 g/mol. The minimum absolute atomic E-state index is 0.813. The van der Waals surface area contributed by atoms with Crippen molar-refractivity contribution >= 4 is 0 Å². The summed E-state index contributed by atoms with van der Waals surface area (Å²) in [6.45, 7) is -0.813. The van der Waals surface area contributed by atoms with Gasteiger partial charge in [0.25, 0.3) is 0 Å². The van der Waals surface area contributed by atoms with E-state index in [9.17, 15) is 22.0 Å². The van der Waals surface area contributed by atoms with E-state index in [4.69, 9.17) is 5.11 Å². The zero-order valence-electron chi connectivity index (χ0n) is 6.12. The molecule has 12 heavy (non-hydrogen) atoms. The highest BCUT2D eigenvalue weighted by Crippen LogP contribution is 2.37. The number of aliphatic hydroxyl groups excluding tert-OH is 1. The van der Waals surface area contributed by atoms with Crippen molar-refractivity contribution in [2.75, 3.05) is 13.6 Å². The molecule has 0 aliphatic heterocycles. The number of likely N-dealkylation sites (N-methyl/N-ethyl adjacent to an activating group) is 1. The van der Waals surface area contributed by atoms with E-state index in [0.717, 1.165) is 7.05 Å². The van der Waals surface area contributed by atoms with Crippen molar-refractivity contribution in [1.82, 2.24) is 5.32 Å². The second-order valence-corrected chi connectivity index (χ2v) is 2.19. The molecule has 0 fully saturated rings. The number of halogens is 5. The summed E-state index contributed by atoms with van der Waals surface area (Å²) in [5.74, 6) is -5.06. The molecule has 0 saturated heterocycles. The standard InChI is InChI=1S/C5H8F5NO/c1-11-2-3(12)4(6,7)5(8,9)10/h3,11-12H,2H2,1H3. The Kier molecular flexibility index (Phi) is 3.40. The van der Waals surface area contributed by atoms with Gasteiger partial charge < -0.3 is 10.4 Å². The monoisotopic (exact) mass is 193 g/mol. The van der Waals surface area contributed by atoms with Crippen LogP contribution in [0.15, 0.2) is 0 Å². The highest BCUT2D eigenvalue weighted by molar-refractivity contribution is 4.84. The molecule has 0 aliphatic rings. The van der Waals surface area contributed by atoms with E-state index in [1.807, 2.05) is 5.32 Å². The van der Waals surface area contributed by atoms with Gasteiger partial charge in [-0.2, -0.15) is 22.0 Å². The number of nitrogens with one attached hydrogen (secondary N) is 1. The summed E-state index contributed by atoms with van der Waals surface area (Å²) in [4.78, 5) is 0. The normalized spacial score (nSPS) is 16.2.